The van der Waals surface area contributed by atoms with Crippen LogP contribution in [0.25, 0.3) is 0 Å². The van der Waals surface area contributed by atoms with Gasteiger partial charge in [0, 0.05) is 0 Å². The molecule has 0 aliphatic carbocycles. The molecule has 0 aromatic rings. The Bertz CT molecular complexity index is 152. The van der Waals surface area contributed by atoms with E-state index in [-0.39, 0.29) is 5.78 Å². The molecule has 0 rings (SSSR count). The number of rotatable bonds is 2. The molecule has 0 spiro atoms. The number of hydrogen-bond acceptors (Lipinski definition) is 1. The zero-order chi connectivity index (χ0) is 7.28. The highest BCUT2D eigenvalue weighted by molar-refractivity contribution is 6.03. The zero-order valence-electron chi connectivity index (χ0n) is 5.85. The third-order valence-electron chi connectivity index (χ3n) is 1.01. The minimum atomic E-state index is 0.0347. The van der Waals surface area contributed by atoms with Gasteiger partial charge in [0.25, 0.3) is 0 Å². The van der Waals surface area contributed by atoms with Crippen LogP contribution in [0.15, 0.2) is 23.8 Å². The van der Waals surface area contributed by atoms with E-state index in [0.29, 0.717) is 5.57 Å². The first-order valence-electron chi connectivity index (χ1n) is 2.85. The standard InChI is InChI=1S/C8H11O/c1-4-6-8(9)7(3)5-2/h4-6H,2H2,1,3H3/b6-4+,7-5+. The smallest absolute Gasteiger partial charge is 0.180 e. The molecule has 0 saturated heterocycles. The maximum absolute atomic E-state index is 10.8. The molecule has 0 bridgehead atoms. The Balaban J connectivity index is 4.05. The van der Waals surface area contributed by atoms with Crippen molar-refractivity contribution in [1.29, 1.82) is 0 Å². The van der Waals surface area contributed by atoms with Gasteiger partial charge in [-0.2, -0.15) is 0 Å². The van der Waals surface area contributed by atoms with Crippen molar-refractivity contribution in [2.45, 2.75) is 13.8 Å². The van der Waals surface area contributed by atoms with Gasteiger partial charge in [0.2, 0.25) is 0 Å². The Morgan fingerprint density at radius 1 is 1.56 bits per heavy atom. The maximum atomic E-state index is 10.8. The number of hydrogen-bond donors (Lipinski definition) is 0. The van der Waals surface area contributed by atoms with Crippen LogP contribution in [0.4, 0.5) is 0 Å². The summed E-state index contributed by atoms with van der Waals surface area (Å²) >= 11 is 0. The lowest BCUT2D eigenvalue weighted by molar-refractivity contribution is -0.111. The summed E-state index contributed by atoms with van der Waals surface area (Å²) in [5, 5.41) is 0. The van der Waals surface area contributed by atoms with E-state index in [0.717, 1.165) is 0 Å². The van der Waals surface area contributed by atoms with Crippen molar-refractivity contribution in [3.63, 3.8) is 0 Å². The number of carbonyl (C=O) groups excluding carboxylic acids is 1. The van der Waals surface area contributed by atoms with Gasteiger partial charge in [-0.1, -0.05) is 12.2 Å². The first-order chi connectivity index (χ1) is 4.22. The summed E-state index contributed by atoms with van der Waals surface area (Å²) in [7, 11) is 0. The van der Waals surface area contributed by atoms with Crippen LogP contribution < -0.4 is 0 Å². The molecule has 0 amide bonds. The second-order valence-electron chi connectivity index (χ2n) is 1.75. The molecular formula is C8H11O. The monoisotopic (exact) mass is 123 g/mol. The Morgan fingerprint density at radius 3 is 2.44 bits per heavy atom. The van der Waals surface area contributed by atoms with E-state index >= 15 is 0 Å². The van der Waals surface area contributed by atoms with Crippen molar-refractivity contribution in [1.82, 2.24) is 0 Å². The van der Waals surface area contributed by atoms with Gasteiger partial charge in [-0.3, -0.25) is 4.79 Å². The van der Waals surface area contributed by atoms with Crippen LogP contribution in [0.1, 0.15) is 13.8 Å². The highest BCUT2D eigenvalue weighted by Crippen LogP contribution is 1.93. The van der Waals surface area contributed by atoms with Gasteiger partial charge in [-0.05, 0) is 32.4 Å². The fourth-order valence-electron chi connectivity index (χ4n) is 0.383. The Labute approximate surface area is 56.1 Å². The van der Waals surface area contributed by atoms with Crippen molar-refractivity contribution in [3.05, 3.63) is 30.7 Å². The predicted molar refractivity (Wildman–Crippen MR) is 38.9 cm³/mol. The number of allylic oxidation sites excluding steroid dienone is 4. The second kappa shape index (κ2) is 4.07. The molecule has 0 unspecified atom stereocenters. The van der Waals surface area contributed by atoms with Crippen molar-refractivity contribution >= 4 is 5.78 Å². The second-order valence-corrected chi connectivity index (χ2v) is 1.75. The van der Waals surface area contributed by atoms with Crippen molar-refractivity contribution in [2.75, 3.05) is 0 Å². The molecule has 0 N–H and O–H groups in total. The third-order valence-corrected chi connectivity index (χ3v) is 1.01. The maximum Gasteiger partial charge on any atom is 0.180 e. The van der Waals surface area contributed by atoms with Crippen LogP contribution in [0.3, 0.4) is 0 Å². The van der Waals surface area contributed by atoms with E-state index in [2.05, 4.69) is 6.92 Å². The van der Waals surface area contributed by atoms with Crippen molar-refractivity contribution < 1.29 is 4.79 Å². The lowest BCUT2D eigenvalue weighted by Crippen LogP contribution is -1.92. The van der Waals surface area contributed by atoms with Gasteiger partial charge >= 0.3 is 0 Å². The minimum Gasteiger partial charge on any atom is -0.290 e. The molecule has 1 nitrogen and oxygen atoms in total. The van der Waals surface area contributed by atoms with E-state index in [4.69, 9.17) is 0 Å². The summed E-state index contributed by atoms with van der Waals surface area (Å²) in [4.78, 5) is 10.8. The summed E-state index contributed by atoms with van der Waals surface area (Å²) in [5.41, 5.74) is 0.688. The van der Waals surface area contributed by atoms with Crippen LogP contribution in [-0.2, 0) is 4.79 Å². The molecule has 0 aromatic carbocycles. The van der Waals surface area contributed by atoms with E-state index in [1.54, 1.807) is 19.1 Å². The molecule has 1 radical (unpaired) electrons. The summed E-state index contributed by atoms with van der Waals surface area (Å²) in [6, 6.07) is 0. The summed E-state index contributed by atoms with van der Waals surface area (Å²) in [6.45, 7) is 7.03. The van der Waals surface area contributed by atoms with Gasteiger partial charge < -0.3 is 0 Å². The molecule has 1 heteroatoms. The average molecular weight is 123 g/mol. The van der Waals surface area contributed by atoms with Crippen LogP contribution in [0.5, 0.6) is 0 Å². The first-order valence-corrected chi connectivity index (χ1v) is 2.85. The van der Waals surface area contributed by atoms with E-state index < -0.39 is 0 Å². The van der Waals surface area contributed by atoms with Crippen LogP contribution in [-0.4, -0.2) is 5.78 Å². The summed E-state index contributed by atoms with van der Waals surface area (Å²) < 4.78 is 0. The van der Waals surface area contributed by atoms with Crippen LogP contribution in [0, 0.1) is 6.92 Å². The van der Waals surface area contributed by atoms with Gasteiger partial charge in [0.05, 0.1) is 0 Å². The van der Waals surface area contributed by atoms with Crippen molar-refractivity contribution in [3.8, 4) is 0 Å². The SMILES string of the molecule is [CH2]/C=C(\C)C(=O)/C=C/C. The molecule has 49 valence electrons. The lowest BCUT2D eigenvalue weighted by atomic mass is 10.2. The van der Waals surface area contributed by atoms with Crippen LogP contribution >= 0.6 is 0 Å². The van der Waals surface area contributed by atoms with Crippen LogP contribution in [0.2, 0.25) is 0 Å². The predicted octanol–water partition coefficient (Wildman–Crippen LogP) is 1.91. The molecule has 0 heterocycles. The highest BCUT2D eigenvalue weighted by Gasteiger charge is 1.94. The summed E-state index contributed by atoms with van der Waals surface area (Å²) in [5.74, 6) is 0.0347. The number of carbonyl (C=O) groups is 1. The fourth-order valence-corrected chi connectivity index (χ4v) is 0.383. The molecule has 0 fully saturated rings. The van der Waals surface area contributed by atoms with Gasteiger partial charge in [0.1, 0.15) is 0 Å². The molecule has 9 heavy (non-hydrogen) atoms. The molecule has 0 aliphatic heterocycles. The topological polar surface area (TPSA) is 17.1 Å². The molecule has 0 atom stereocenters. The van der Waals surface area contributed by atoms with E-state index in [1.807, 2.05) is 6.92 Å². The average Bonchev–Trinajstić information content (AvgIpc) is 1.87. The first kappa shape index (κ1) is 8.15. The van der Waals surface area contributed by atoms with E-state index in [9.17, 15) is 4.79 Å². The quantitative estimate of drug-likeness (QED) is 0.512. The lowest BCUT2D eigenvalue weighted by Gasteiger charge is -1.88. The van der Waals surface area contributed by atoms with E-state index in [1.165, 1.54) is 6.08 Å². The van der Waals surface area contributed by atoms with Crippen molar-refractivity contribution in [2.24, 2.45) is 0 Å². The highest BCUT2D eigenvalue weighted by atomic mass is 16.1. The van der Waals surface area contributed by atoms with Gasteiger partial charge in [-0.25, -0.2) is 0 Å². The fraction of sp³-hybridized carbons (Fsp3) is 0.250. The normalized spacial score (nSPS) is 12.6. The molecule has 0 aromatic heterocycles. The molecule has 0 saturated carbocycles. The zero-order valence-corrected chi connectivity index (χ0v) is 5.85. The van der Waals surface area contributed by atoms with Gasteiger partial charge in [-0.15, -0.1) is 0 Å². The molecular weight excluding hydrogens is 112 g/mol. The summed E-state index contributed by atoms with van der Waals surface area (Å²) in [6.07, 6.45) is 4.80. The Morgan fingerprint density at radius 2 is 2.11 bits per heavy atom. The number of ketones is 1. The molecule has 0 aliphatic rings. The largest absolute Gasteiger partial charge is 0.290 e. The Hall–Kier alpha value is -0.850. The minimum absolute atomic E-state index is 0.0347. The van der Waals surface area contributed by atoms with Gasteiger partial charge in [0.15, 0.2) is 5.78 Å². The Kier molecular flexibility index (Phi) is 3.69. The third kappa shape index (κ3) is 2.85.